The fourth-order valence-electron chi connectivity index (χ4n) is 5.70. The third kappa shape index (κ3) is 7.05. The molecule has 4 heteroatoms. The molecular formula is C42H40N2O2. The normalized spacial score (nSPS) is 11.0. The van der Waals surface area contributed by atoms with Crippen LogP contribution in [0.3, 0.4) is 0 Å². The van der Waals surface area contributed by atoms with Gasteiger partial charge < -0.3 is 19.3 Å². The van der Waals surface area contributed by atoms with Gasteiger partial charge in [-0.25, -0.2) is 0 Å². The van der Waals surface area contributed by atoms with Crippen molar-refractivity contribution in [2.24, 2.45) is 0 Å². The van der Waals surface area contributed by atoms with E-state index in [1.165, 1.54) is 22.3 Å². The van der Waals surface area contributed by atoms with Crippen LogP contribution in [0.1, 0.15) is 22.3 Å². The molecule has 0 amide bonds. The first kappa shape index (κ1) is 30.8. The molecule has 4 nitrogen and oxygen atoms in total. The molecule has 0 saturated heterocycles. The van der Waals surface area contributed by atoms with E-state index < -0.39 is 0 Å². The summed E-state index contributed by atoms with van der Waals surface area (Å²) in [6, 6.07) is 52.1. The van der Waals surface area contributed by atoms with Gasteiger partial charge >= 0.3 is 0 Å². The van der Waals surface area contributed by atoms with Crippen LogP contribution in [-0.4, -0.2) is 14.2 Å². The highest BCUT2D eigenvalue weighted by Gasteiger charge is 2.15. The smallest absolute Gasteiger partial charge is 0.0713 e. The second-order valence-electron chi connectivity index (χ2n) is 11.6. The van der Waals surface area contributed by atoms with Crippen molar-refractivity contribution < 1.29 is 9.47 Å². The van der Waals surface area contributed by atoms with Gasteiger partial charge in [0.25, 0.3) is 0 Å². The quantitative estimate of drug-likeness (QED) is 0.147. The summed E-state index contributed by atoms with van der Waals surface area (Å²) in [4.78, 5) is 4.58. The first-order valence-corrected chi connectivity index (χ1v) is 15.6. The number of hydrogen-bond acceptors (Lipinski definition) is 4. The zero-order chi connectivity index (χ0) is 31.9. The molecule has 0 aliphatic carbocycles. The number of nitrogens with zero attached hydrogens (tertiary/aromatic N) is 2. The minimum absolute atomic E-state index is 0.599. The third-order valence-corrected chi connectivity index (χ3v) is 8.18. The molecule has 0 spiro atoms. The van der Waals surface area contributed by atoms with Gasteiger partial charge in [0.15, 0.2) is 0 Å². The Hall–Kier alpha value is -5.16. The summed E-state index contributed by atoms with van der Waals surface area (Å²) in [5, 5.41) is 0. The molecule has 6 aromatic rings. The number of methoxy groups -OCH3 is 2. The van der Waals surface area contributed by atoms with Crippen molar-refractivity contribution in [3.63, 3.8) is 0 Å². The first-order chi connectivity index (χ1) is 22.5. The number of benzene rings is 6. The summed E-state index contributed by atoms with van der Waals surface area (Å²) in [5.41, 5.74) is 13.8. The Morgan fingerprint density at radius 2 is 0.587 bits per heavy atom. The maximum Gasteiger partial charge on any atom is 0.0713 e. The number of anilines is 6. The number of rotatable bonds is 11. The van der Waals surface area contributed by atoms with Gasteiger partial charge in [0.1, 0.15) is 0 Å². The highest BCUT2D eigenvalue weighted by atomic mass is 16.5. The van der Waals surface area contributed by atoms with Crippen molar-refractivity contribution in [2.45, 2.75) is 27.1 Å². The van der Waals surface area contributed by atoms with E-state index in [-0.39, 0.29) is 0 Å². The van der Waals surface area contributed by atoms with E-state index in [9.17, 15) is 0 Å². The van der Waals surface area contributed by atoms with Crippen LogP contribution in [0, 0.1) is 13.8 Å². The van der Waals surface area contributed by atoms with Crippen LogP contribution >= 0.6 is 0 Å². The van der Waals surface area contributed by atoms with Gasteiger partial charge in [-0.1, -0.05) is 83.9 Å². The van der Waals surface area contributed by atoms with Gasteiger partial charge in [-0.3, -0.25) is 0 Å². The molecule has 6 aromatic carbocycles. The van der Waals surface area contributed by atoms with Gasteiger partial charge in [0.2, 0.25) is 0 Å². The standard InChI is InChI=1S/C42H40N2O2/c1-31-5-17-37(18-6-31)43(39-21-9-33(10-22-39)29-45-3)41-25-13-35(14-26-41)36-15-27-42(28-16-36)44(38-19-7-32(2)8-20-38)40-23-11-34(12-24-40)30-46-4/h5-28H,29-30H2,1-4H3. The largest absolute Gasteiger partial charge is 0.380 e. The van der Waals surface area contributed by atoms with E-state index in [1.54, 1.807) is 14.2 Å². The second-order valence-corrected chi connectivity index (χ2v) is 11.6. The molecule has 0 fully saturated rings. The van der Waals surface area contributed by atoms with Gasteiger partial charge in [0.05, 0.1) is 13.2 Å². The summed E-state index contributed by atoms with van der Waals surface area (Å²) in [6.45, 7) is 5.43. The average molecular weight is 605 g/mol. The molecule has 0 atom stereocenters. The monoisotopic (exact) mass is 604 g/mol. The van der Waals surface area contributed by atoms with Crippen molar-refractivity contribution in [1.29, 1.82) is 0 Å². The lowest BCUT2D eigenvalue weighted by molar-refractivity contribution is 0.185. The molecule has 0 unspecified atom stereocenters. The first-order valence-electron chi connectivity index (χ1n) is 15.6. The summed E-state index contributed by atoms with van der Waals surface area (Å²) >= 11 is 0. The van der Waals surface area contributed by atoms with Gasteiger partial charge in [-0.15, -0.1) is 0 Å². The van der Waals surface area contributed by atoms with E-state index in [4.69, 9.17) is 9.47 Å². The molecule has 46 heavy (non-hydrogen) atoms. The molecule has 0 saturated carbocycles. The Morgan fingerprint density at radius 1 is 0.348 bits per heavy atom. The van der Waals surface area contributed by atoms with Gasteiger partial charge in [-0.2, -0.15) is 0 Å². The predicted molar refractivity (Wildman–Crippen MR) is 192 cm³/mol. The van der Waals surface area contributed by atoms with Crippen molar-refractivity contribution in [3.05, 3.63) is 168 Å². The summed E-state index contributed by atoms with van der Waals surface area (Å²) in [5.74, 6) is 0. The maximum absolute atomic E-state index is 5.33. The average Bonchev–Trinajstić information content (AvgIpc) is 3.09. The molecule has 0 N–H and O–H groups in total. The van der Waals surface area contributed by atoms with Crippen LogP contribution < -0.4 is 9.80 Å². The lowest BCUT2D eigenvalue weighted by Crippen LogP contribution is -2.10. The van der Waals surface area contributed by atoms with Crippen molar-refractivity contribution in [2.75, 3.05) is 24.0 Å². The second kappa shape index (κ2) is 14.3. The van der Waals surface area contributed by atoms with Gasteiger partial charge in [-0.05, 0) is 109 Å². The fraction of sp³-hybridized carbons (Fsp3) is 0.143. The Bertz CT molecular complexity index is 1690. The molecule has 0 heterocycles. The lowest BCUT2D eigenvalue weighted by Gasteiger charge is -2.26. The Balaban J connectivity index is 1.30. The van der Waals surface area contributed by atoms with E-state index in [2.05, 4.69) is 169 Å². The van der Waals surface area contributed by atoms with Crippen LogP contribution in [0.15, 0.2) is 146 Å². The molecule has 6 rings (SSSR count). The molecule has 230 valence electrons. The zero-order valence-corrected chi connectivity index (χ0v) is 27.0. The number of hydrogen-bond donors (Lipinski definition) is 0. The van der Waals surface area contributed by atoms with Gasteiger partial charge in [0, 0.05) is 48.3 Å². The Kier molecular flexibility index (Phi) is 9.59. The van der Waals surface area contributed by atoms with Crippen LogP contribution in [-0.2, 0) is 22.7 Å². The van der Waals surface area contributed by atoms with Crippen LogP contribution in [0.4, 0.5) is 34.1 Å². The van der Waals surface area contributed by atoms with Crippen LogP contribution in [0.5, 0.6) is 0 Å². The fourth-order valence-corrected chi connectivity index (χ4v) is 5.70. The van der Waals surface area contributed by atoms with E-state index >= 15 is 0 Å². The van der Waals surface area contributed by atoms with Crippen molar-refractivity contribution in [1.82, 2.24) is 0 Å². The van der Waals surface area contributed by atoms with Crippen LogP contribution in [0.25, 0.3) is 11.1 Å². The highest BCUT2D eigenvalue weighted by Crippen LogP contribution is 2.38. The molecule has 0 radical (unpaired) electrons. The SMILES string of the molecule is COCc1ccc(N(c2ccc(C)cc2)c2ccc(-c3ccc(N(c4ccc(C)cc4)c4ccc(COC)cc4)cc3)cc2)cc1. The summed E-state index contributed by atoms with van der Waals surface area (Å²) in [7, 11) is 3.45. The molecule has 0 aliphatic heterocycles. The topological polar surface area (TPSA) is 24.9 Å². The summed E-state index contributed by atoms with van der Waals surface area (Å²) in [6.07, 6.45) is 0. The minimum atomic E-state index is 0.599. The molecule has 0 aromatic heterocycles. The third-order valence-electron chi connectivity index (χ3n) is 8.18. The van der Waals surface area contributed by atoms with E-state index in [0.717, 1.165) is 45.3 Å². The Morgan fingerprint density at radius 3 is 0.848 bits per heavy atom. The van der Waals surface area contributed by atoms with Crippen LogP contribution in [0.2, 0.25) is 0 Å². The number of ether oxygens (including phenoxy) is 2. The summed E-state index contributed by atoms with van der Waals surface area (Å²) < 4.78 is 10.7. The molecule has 0 aliphatic rings. The lowest BCUT2D eigenvalue weighted by atomic mass is 10.0. The minimum Gasteiger partial charge on any atom is -0.380 e. The maximum atomic E-state index is 5.33. The van der Waals surface area contributed by atoms with E-state index in [1.807, 2.05) is 0 Å². The number of aryl methyl sites for hydroxylation is 2. The zero-order valence-electron chi connectivity index (χ0n) is 27.0. The predicted octanol–water partition coefficient (Wildman–Crippen LogP) is 11.2. The highest BCUT2D eigenvalue weighted by molar-refractivity contribution is 5.80. The molecule has 0 bridgehead atoms. The Labute approximate surface area is 273 Å². The molecular weight excluding hydrogens is 564 g/mol. The van der Waals surface area contributed by atoms with Crippen molar-refractivity contribution in [3.8, 4) is 11.1 Å². The van der Waals surface area contributed by atoms with E-state index in [0.29, 0.717) is 13.2 Å². The van der Waals surface area contributed by atoms with Crippen molar-refractivity contribution >= 4 is 34.1 Å².